The molecule has 0 aromatic carbocycles. The summed E-state index contributed by atoms with van der Waals surface area (Å²) in [6, 6.07) is 0.620. The van der Waals surface area contributed by atoms with Gasteiger partial charge in [0, 0.05) is 6.04 Å². The normalized spacial score (nSPS) is 19.1. The maximum atomic E-state index is 5.81. The zero-order valence-electron chi connectivity index (χ0n) is 9.69. The first-order valence-corrected chi connectivity index (χ1v) is 6.11. The molecule has 0 bridgehead atoms. The van der Waals surface area contributed by atoms with E-state index in [0.29, 0.717) is 18.6 Å². The number of hydrogen-bond acceptors (Lipinski definition) is 5. The van der Waals surface area contributed by atoms with E-state index in [1.807, 2.05) is 6.92 Å². The summed E-state index contributed by atoms with van der Waals surface area (Å²) < 4.78 is 5.22. The Bertz CT molecular complexity index is 410. The lowest BCUT2D eigenvalue weighted by molar-refractivity contribution is 0.312. The molecule has 0 saturated carbocycles. The minimum atomic E-state index is 0.150. The molecule has 0 radical (unpaired) electrons. The average molecular weight is 255 g/mol. The van der Waals surface area contributed by atoms with E-state index in [2.05, 4.69) is 32.4 Å². The van der Waals surface area contributed by atoms with Crippen LogP contribution in [0.4, 0.5) is 5.95 Å². The van der Waals surface area contributed by atoms with Gasteiger partial charge in [-0.25, -0.2) is 0 Å². The van der Waals surface area contributed by atoms with Gasteiger partial charge in [-0.15, -0.1) is 0 Å². The van der Waals surface area contributed by atoms with Crippen molar-refractivity contribution in [1.82, 2.24) is 15.0 Å². The van der Waals surface area contributed by atoms with Gasteiger partial charge in [-0.05, 0) is 37.8 Å². The number of ether oxygens (including phenoxy) is 1. The van der Waals surface area contributed by atoms with Gasteiger partial charge in [0.1, 0.15) is 0 Å². The third kappa shape index (κ3) is 3.56. The number of aromatic nitrogens is 3. The van der Waals surface area contributed by atoms with Gasteiger partial charge in [0.05, 0.1) is 6.61 Å². The van der Waals surface area contributed by atoms with Crippen LogP contribution in [0, 0.1) is 0 Å². The Morgan fingerprint density at radius 3 is 3.00 bits per heavy atom. The zero-order valence-corrected chi connectivity index (χ0v) is 10.4. The van der Waals surface area contributed by atoms with Crippen LogP contribution in [-0.4, -0.2) is 27.6 Å². The average Bonchev–Trinajstić information content (AvgIpc) is 2.30. The van der Waals surface area contributed by atoms with E-state index in [0.717, 1.165) is 19.3 Å². The fraction of sp³-hybridized carbons (Fsp3) is 0.545. The highest BCUT2D eigenvalue weighted by atomic mass is 35.5. The Labute approximate surface area is 105 Å². The van der Waals surface area contributed by atoms with Crippen LogP contribution in [-0.2, 0) is 0 Å². The summed E-state index contributed by atoms with van der Waals surface area (Å²) in [7, 11) is 0. The lowest BCUT2D eigenvalue weighted by Gasteiger charge is -2.19. The van der Waals surface area contributed by atoms with Crippen molar-refractivity contribution in [3.05, 3.63) is 17.4 Å². The summed E-state index contributed by atoms with van der Waals surface area (Å²) in [5.74, 6) is 0.480. The first-order chi connectivity index (χ1) is 8.28. The molecule has 2 rings (SSSR count). The van der Waals surface area contributed by atoms with Crippen LogP contribution in [0.25, 0.3) is 0 Å². The van der Waals surface area contributed by atoms with Crippen molar-refractivity contribution in [2.24, 2.45) is 0 Å². The van der Waals surface area contributed by atoms with Crippen LogP contribution in [0.5, 0.6) is 6.01 Å². The Morgan fingerprint density at radius 2 is 2.29 bits per heavy atom. The fourth-order valence-electron chi connectivity index (χ4n) is 1.70. The SMILES string of the molecule is CCOc1nc(Cl)nc(NC2CC=CCC2)n1. The fourth-order valence-corrected chi connectivity index (χ4v) is 1.85. The molecule has 1 atom stereocenters. The van der Waals surface area contributed by atoms with Gasteiger partial charge < -0.3 is 10.1 Å². The molecule has 0 aliphatic heterocycles. The highest BCUT2D eigenvalue weighted by Crippen LogP contribution is 2.17. The van der Waals surface area contributed by atoms with Crippen molar-refractivity contribution in [2.45, 2.75) is 32.2 Å². The number of halogens is 1. The minimum Gasteiger partial charge on any atom is -0.464 e. The molecule has 0 amide bonds. The highest BCUT2D eigenvalue weighted by molar-refractivity contribution is 6.28. The predicted molar refractivity (Wildman–Crippen MR) is 66.4 cm³/mol. The van der Waals surface area contributed by atoms with Gasteiger partial charge in [0.2, 0.25) is 11.2 Å². The van der Waals surface area contributed by atoms with E-state index in [1.165, 1.54) is 0 Å². The predicted octanol–water partition coefficient (Wildman–Crippen LogP) is 2.44. The van der Waals surface area contributed by atoms with E-state index >= 15 is 0 Å². The molecule has 5 nitrogen and oxygen atoms in total. The quantitative estimate of drug-likeness (QED) is 0.837. The largest absolute Gasteiger partial charge is 0.464 e. The first kappa shape index (κ1) is 12.1. The van der Waals surface area contributed by atoms with Gasteiger partial charge in [-0.1, -0.05) is 12.2 Å². The van der Waals surface area contributed by atoms with Crippen molar-refractivity contribution in [2.75, 3.05) is 11.9 Å². The second kappa shape index (κ2) is 5.82. The summed E-state index contributed by atoms with van der Waals surface area (Å²) in [5, 5.41) is 3.39. The van der Waals surface area contributed by atoms with Crippen LogP contribution in [0.1, 0.15) is 26.2 Å². The molecule has 1 N–H and O–H groups in total. The Kier molecular flexibility index (Phi) is 4.14. The van der Waals surface area contributed by atoms with Crippen LogP contribution in [0.3, 0.4) is 0 Å². The van der Waals surface area contributed by atoms with Crippen molar-refractivity contribution >= 4 is 17.5 Å². The molecule has 1 heterocycles. The molecular formula is C11H15ClN4O. The van der Waals surface area contributed by atoms with Gasteiger partial charge in [-0.2, -0.15) is 15.0 Å². The molecule has 1 aliphatic rings. The summed E-state index contributed by atoms with van der Waals surface area (Å²) in [6.07, 6.45) is 7.48. The van der Waals surface area contributed by atoms with Crippen molar-refractivity contribution in [3.63, 3.8) is 0 Å². The second-order valence-electron chi connectivity index (χ2n) is 3.77. The maximum absolute atomic E-state index is 5.81. The molecular weight excluding hydrogens is 240 g/mol. The van der Waals surface area contributed by atoms with Crippen LogP contribution < -0.4 is 10.1 Å². The van der Waals surface area contributed by atoms with Crippen LogP contribution in [0.2, 0.25) is 5.28 Å². The maximum Gasteiger partial charge on any atom is 0.322 e. The first-order valence-electron chi connectivity index (χ1n) is 5.74. The lowest BCUT2D eigenvalue weighted by atomic mass is 10.0. The molecule has 1 aromatic rings. The Morgan fingerprint density at radius 1 is 1.41 bits per heavy atom. The zero-order chi connectivity index (χ0) is 12.1. The standard InChI is InChI=1S/C11H15ClN4O/c1-2-17-11-15-9(12)14-10(16-11)13-8-6-4-3-5-7-8/h3-4,8H,2,5-7H2,1H3,(H,13,14,15,16). The van der Waals surface area contributed by atoms with E-state index in [4.69, 9.17) is 16.3 Å². The monoisotopic (exact) mass is 254 g/mol. The summed E-state index contributed by atoms with van der Waals surface area (Å²) in [5.41, 5.74) is 0. The molecule has 0 saturated heterocycles. The number of anilines is 1. The number of rotatable bonds is 4. The van der Waals surface area contributed by atoms with E-state index < -0.39 is 0 Å². The smallest absolute Gasteiger partial charge is 0.322 e. The minimum absolute atomic E-state index is 0.150. The lowest BCUT2D eigenvalue weighted by Crippen LogP contribution is -2.22. The molecule has 17 heavy (non-hydrogen) atoms. The third-order valence-electron chi connectivity index (χ3n) is 2.46. The number of hydrogen-bond donors (Lipinski definition) is 1. The highest BCUT2D eigenvalue weighted by Gasteiger charge is 2.12. The van der Waals surface area contributed by atoms with Gasteiger partial charge in [-0.3, -0.25) is 0 Å². The molecule has 92 valence electrons. The van der Waals surface area contributed by atoms with E-state index in [-0.39, 0.29) is 11.3 Å². The van der Waals surface area contributed by atoms with Crippen molar-refractivity contribution in [3.8, 4) is 6.01 Å². The van der Waals surface area contributed by atoms with Gasteiger partial charge in [0.25, 0.3) is 0 Å². The summed E-state index contributed by atoms with van der Waals surface area (Å²) >= 11 is 5.81. The van der Waals surface area contributed by atoms with Gasteiger partial charge in [0.15, 0.2) is 0 Å². The van der Waals surface area contributed by atoms with E-state index in [9.17, 15) is 0 Å². The number of nitrogens with zero attached hydrogens (tertiary/aromatic N) is 3. The van der Waals surface area contributed by atoms with Crippen LogP contribution in [0.15, 0.2) is 12.2 Å². The van der Waals surface area contributed by atoms with Crippen molar-refractivity contribution in [1.29, 1.82) is 0 Å². The molecule has 0 spiro atoms. The summed E-state index contributed by atoms with van der Waals surface area (Å²) in [6.45, 7) is 2.38. The molecule has 1 aliphatic carbocycles. The van der Waals surface area contributed by atoms with Crippen molar-refractivity contribution < 1.29 is 4.74 Å². The molecule has 1 unspecified atom stereocenters. The molecule has 6 heteroatoms. The molecule has 1 aromatic heterocycles. The van der Waals surface area contributed by atoms with E-state index in [1.54, 1.807) is 0 Å². The summed E-state index contributed by atoms with van der Waals surface area (Å²) in [4.78, 5) is 12.1. The number of allylic oxidation sites excluding steroid dienone is 1. The second-order valence-corrected chi connectivity index (χ2v) is 4.11. The van der Waals surface area contributed by atoms with Crippen LogP contribution >= 0.6 is 11.6 Å². The number of nitrogens with one attached hydrogen (secondary N) is 1. The Hall–Kier alpha value is -1.36. The third-order valence-corrected chi connectivity index (χ3v) is 2.63. The molecule has 0 fully saturated rings. The topological polar surface area (TPSA) is 59.9 Å². The van der Waals surface area contributed by atoms with Gasteiger partial charge >= 0.3 is 6.01 Å². The Balaban J connectivity index is 2.06.